The number of aromatic nitrogens is 2. The average molecular weight is 286 g/mol. The standard InChI is InChI=1S/C11H12ClN3O4/c12-4-3-9(16)11(17)10-7-2-1-6(15(18)19)5-8(7)13-14-10/h1-2,5,9,11,16-17H,3-4H2,(H,13,14). The zero-order chi connectivity index (χ0) is 14.0. The van der Waals surface area contributed by atoms with Gasteiger partial charge in [0, 0.05) is 23.4 Å². The van der Waals surface area contributed by atoms with Gasteiger partial charge >= 0.3 is 0 Å². The Bertz CT molecular complexity index is 601. The molecular formula is C11H12ClN3O4. The molecule has 0 bridgehead atoms. The summed E-state index contributed by atoms with van der Waals surface area (Å²) in [6, 6.07) is 4.11. The second-order valence-electron chi connectivity index (χ2n) is 4.09. The van der Waals surface area contributed by atoms with Gasteiger partial charge in [-0.15, -0.1) is 11.6 Å². The smallest absolute Gasteiger partial charge is 0.271 e. The Kier molecular flexibility index (Phi) is 3.98. The lowest BCUT2D eigenvalue weighted by atomic mass is 10.0. The molecule has 1 aromatic heterocycles. The maximum Gasteiger partial charge on any atom is 0.271 e. The fourth-order valence-electron chi connectivity index (χ4n) is 1.82. The lowest BCUT2D eigenvalue weighted by molar-refractivity contribution is -0.384. The van der Waals surface area contributed by atoms with Crippen LogP contribution in [0.25, 0.3) is 10.9 Å². The summed E-state index contributed by atoms with van der Waals surface area (Å²) in [6.07, 6.45) is -1.95. The molecule has 0 aliphatic rings. The van der Waals surface area contributed by atoms with Crippen LogP contribution in [0, 0.1) is 10.1 Å². The summed E-state index contributed by atoms with van der Waals surface area (Å²) < 4.78 is 0. The second kappa shape index (κ2) is 5.52. The number of alkyl halides is 1. The Morgan fingerprint density at radius 2 is 2.21 bits per heavy atom. The normalized spacial score (nSPS) is 14.5. The number of hydrogen-bond donors (Lipinski definition) is 3. The summed E-state index contributed by atoms with van der Waals surface area (Å²) in [5.74, 6) is 0.218. The SMILES string of the molecule is O=[N+]([O-])c1ccc2c(C(O)C(O)CCCl)[nH]nc2c1. The van der Waals surface area contributed by atoms with E-state index in [9.17, 15) is 20.3 Å². The first-order chi connectivity index (χ1) is 9.04. The molecule has 0 saturated carbocycles. The van der Waals surface area contributed by atoms with Gasteiger partial charge in [0.1, 0.15) is 6.10 Å². The lowest BCUT2D eigenvalue weighted by Gasteiger charge is -2.15. The molecule has 0 amide bonds. The summed E-state index contributed by atoms with van der Waals surface area (Å²) in [6.45, 7) is 0. The van der Waals surface area contributed by atoms with Gasteiger partial charge in [-0.2, -0.15) is 5.10 Å². The summed E-state index contributed by atoms with van der Waals surface area (Å²) in [7, 11) is 0. The highest BCUT2D eigenvalue weighted by Crippen LogP contribution is 2.27. The fourth-order valence-corrected chi connectivity index (χ4v) is 2.05. The quantitative estimate of drug-likeness (QED) is 0.438. The molecule has 2 unspecified atom stereocenters. The Labute approximate surface area is 113 Å². The largest absolute Gasteiger partial charge is 0.390 e. The van der Waals surface area contributed by atoms with Crippen molar-refractivity contribution in [2.45, 2.75) is 18.6 Å². The van der Waals surface area contributed by atoms with Crippen molar-refractivity contribution in [1.29, 1.82) is 0 Å². The lowest BCUT2D eigenvalue weighted by Crippen LogP contribution is -2.19. The number of H-pyrrole nitrogens is 1. The zero-order valence-electron chi connectivity index (χ0n) is 9.78. The number of aliphatic hydroxyl groups excluding tert-OH is 2. The number of nitrogens with zero attached hydrogens (tertiary/aromatic N) is 2. The molecular weight excluding hydrogens is 274 g/mol. The van der Waals surface area contributed by atoms with Crippen LogP contribution in [-0.2, 0) is 0 Å². The average Bonchev–Trinajstić information content (AvgIpc) is 2.80. The monoisotopic (exact) mass is 285 g/mol. The highest BCUT2D eigenvalue weighted by molar-refractivity contribution is 6.17. The van der Waals surface area contributed by atoms with Crippen LogP contribution in [0.4, 0.5) is 5.69 Å². The van der Waals surface area contributed by atoms with Crippen molar-refractivity contribution >= 4 is 28.2 Å². The molecule has 1 heterocycles. The molecule has 0 aliphatic heterocycles. The van der Waals surface area contributed by atoms with Gasteiger partial charge in [-0.1, -0.05) is 0 Å². The number of benzene rings is 1. The third kappa shape index (κ3) is 2.67. The molecule has 3 N–H and O–H groups in total. The topological polar surface area (TPSA) is 112 Å². The first-order valence-corrected chi connectivity index (χ1v) is 6.12. The molecule has 0 spiro atoms. The minimum Gasteiger partial charge on any atom is -0.390 e. The molecule has 1 aromatic carbocycles. The van der Waals surface area contributed by atoms with Crippen molar-refractivity contribution in [1.82, 2.24) is 10.2 Å². The van der Waals surface area contributed by atoms with Crippen molar-refractivity contribution in [3.63, 3.8) is 0 Å². The van der Waals surface area contributed by atoms with Crippen molar-refractivity contribution in [2.75, 3.05) is 5.88 Å². The van der Waals surface area contributed by atoms with E-state index in [1.807, 2.05) is 0 Å². The molecule has 2 rings (SSSR count). The van der Waals surface area contributed by atoms with E-state index in [0.717, 1.165) is 0 Å². The number of fused-ring (bicyclic) bond motifs is 1. The van der Waals surface area contributed by atoms with Gasteiger partial charge in [0.2, 0.25) is 0 Å². The number of aliphatic hydroxyl groups is 2. The van der Waals surface area contributed by atoms with Gasteiger partial charge in [-0.25, -0.2) is 0 Å². The van der Waals surface area contributed by atoms with Crippen LogP contribution in [0.2, 0.25) is 0 Å². The van der Waals surface area contributed by atoms with E-state index in [1.165, 1.54) is 18.2 Å². The van der Waals surface area contributed by atoms with E-state index in [0.29, 0.717) is 16.6 Å². The number of halogens is 1. The molecule has 2 aromatic rings. The molecule has 0 aliphatic carbocycles. The van der Waals surface area contributed by atoms with E-state index in [1.54, 1.807) is 0 Å². The fraction of sp³-hybridized carbons (Fsp3) is 0.364. The summed E-state index contributed by atoms with van der Waals surface area (Å²) in [5, 5.41) is 37.3. The number of nitrogens with one attached hydrogen (secondary N) is 1. The van der Waals surface area contributed by atoms with Crippen LogP contribution in [-0.4, -0.2) is 37.3 Å². The van der Waals surface area contributed by atoms with Crippen LogP contribution in [0.5, 0.6) is 0 Å². The van der Waals surface area contributed by atoms with Gasteiger partial charge in [0.25, 0.3) is 5.69 Å². The minimum absolute atomic E-state index is 0.0821. The number of hydrogen-bond acceptors (Lipinski definition) is 5. The number of non-ortho nitro benzene ring substituents is 1. The second-order valence-corrected chi connectivity index (χ2v) is 4.46. The van der Waals surface area contributed by atoms with Gasteiger partial charge in [0.15, 0.2) is 0 Å². The van der Waals surface area contributed by atoms with Crippen LogP contribution in [0.1, 0.15) is 18.2 Å². The molecule has 102 valence electrons. The zero-order valence-corrected chi connectivity index (χ0v) is 10.5. The summed E-state index contributed by atoms with van der Waals surface area (Å²) in [4.78, 5) is 10.1. The number of aromatic amines is 1. The van der Waals surface area contributed by atoms with Gasteiger partial charge < -0.3 is 10.2 Å². The molecule has 0 radical (unpaired) electrons. The maximum atomic E-state index is 10.6. The van der Waals surface area contributed by atoms with Crippen LogP contribution >= 0.6 is 11.6 Å². The molecule has 19 heavy (non-hydrogen) atoms. The van der Waals surface area contributed by atoms with Crippen molar-refractivity contribution in [2.24, 2.45) is 0 Å². The highest BCUT2D eigenvalue weighted by atomic mass is 35.5. The summed E-state index contributed by atoms with van der Waals surface area (Å²) in [5.41, 5.74) is 0.602. The van der Waals surface area contributed by atoms with E-state index < -0.39 is 17.1 Å². The molecule has 7 nitrogen and oxygen atoms in total. The van der Waals surface area contributed by atoms with E-state index in [2.05, 4.69) is 10.2 Å². The van der Waals surface area contributed by atoms with Gasteiger partial charge in [-0.05, 0) is 12.5 Å². The molecule has 0 fully saturated rings. The number of nitro groups is 1. The van der Waals surface area contributed by atoms with Gasteiger partial charge in [0.05, 0.1) is 22.2 Å². The molecule has 8 heteroatoms. The van der Waals surface area contributed by atoms with Crippen LogP contribution in [0.3, 0.4) is 0 Å². The van der Waals surface area contributed by atoms with E-state index in [4.69, 9.17) is 11.6 Å². The first-order valence-electron chi connectivity index (χ1n) is 5.59. The third-order valence-electron chi connectivity index (χ3n) is 2.84. The molecule has 0 saturated heterocycles. The van der Waals surface area contributed by atoms with Crippen molar-refractivity contribution in [3.8, 4) is 0 Å². The highest BCUT2D eigenvalue weighted by Gasteiger charge is 2.22. The van der Waals surface area contributed by atoms with Gasteiger partial charge in [-0.3, -0.25) is 15.2 Å². The third-order valence-corrected chi connectivity index (χ3v) is 3.06. The van der Waals surface area contributed by atoms with Crippen molar-refractivity contribution in [3.05, 3.63) is 34.0 Å². The minimum atomic E-state index is -1.16. The van der Waals surface area contributed by atoms with E-state index >= 15 is 0 Å². The predicted molar refractivity (Wildman–Crippen MR) is 69.1 cm³/mol. The summed E-state index contributed by atoms with van der Waals surface area (Å²) >= 11 is 5.50. The first kappa shape index (κ1) is 13.7. The number of nitro benzene ring substituents is 1. The maximum absolute atomic E-state index is 10.6. The Morgan fingerprint density at radius 1 is 1.47 bits per heavy atom. The predicted octanol–water partition coefficient (Wildman–Crippen LogP) is 1.49. The number of rotatable bonds is 5. The Hall–Kier alpha value is -1.70. The molecule has 2 atom stereocenters. The van der Waals surface area contributed by atoms with E-state index in [-0.39, 0.29) is 18.0 Å². The van der Waals surface area contributed by atoms with Crippen LogP contribution < -0.4 is 0 Å². The van der Waals surface area contributed by atoms with Crippen molar-refractivity contribution < 1.29 is 15.1 Å². The van der Waals surface area contributed by atoms with Crippen LogP contribution in [0.15, 0.2) is 18.2 Å². The Morgan fingerprint density at radius 3 is 2.84 bits per heavy atom. The Balaban J connectivity index is 2.38.